The summed E-state index contributed by atoms with van der Waals surface area (Å²) in [6.45, 7) is 1.56. The minimum atomic E-state index is 0.698. The van der Waals surface area contributed by atoms with Crippen LogP contribution in [0.2, 0.25) is 0 Å². The number of rotatable bonds is 7. The zero-order chi connectivity index (χ0) is 17.1. The van der Waals surface area contributed by atoms with Crippen molar-refractivity contribution >= 4 is 10.9 Å². The molecule has 0 bridgehead atoms. The molecule has 4 aromatic rings. The summed E-state index contributed by atoms with van der Waals surface area (Å²) >= 11 is 0. The Bertz CT molecular complexity index is 953. The molecular formula is C19H20N4O2. The fourth-order valence-electron chi connectivity index (χ4n) is 2.94. The van der Waals surface area contributed by atoms with Crippen molar-refractivity contribution < 1.29 is 9.15 Å². The van der Waals surface area contributed by atoms with E-state index in [9.17, 15) is 0 Å². The fourth-order valence-corrected chi connectivity index (χ4v) is 2.94. The fraction of sp³-hybridized carbons (Fsp3) is 0.211. The number of fused-ring (bicyclic) bond motifs is 1. The van der Waals surface area contributed by atoms with Gasteiger partial charge in [-0.2, -0.15) is 5.10 Å². The molecule has 6 nitrogen and oxygen atoms in total. The van der Waals surface area contributed by atoms with Crippen molar-refractivity contribution in [1.29, 1.82) is 0 Å². The third-order valence-electron chi connectivity index (χ3n) is 4.29. The zero-order valence-corrected chi connectivity index (χ0v) is 14.0. The first-order valence-electron chi connectivity index (χ1n) is 8.26. The van der Waals surface area contributed by atoms with Crippen LogP contribution in [-0.4, -0.2) is 28.8 Å². The van der Waals surface area contributed by atoms with Crippen molar-refractivity contribution in [3.63, 3.8) is 0 Å². The minimum Gasteiger partial charge on any atom is -0.497 e. The largest absolute Gasteiger partial charge is 0.497 e. The molecule has 3 heterocycles. The Morgan fingerprint density at radius 1 is 1.20 bits per heavy atom. The van der Waals surface area contributed by atoms with E-state index in [1.54, 1.807) is 13.3 Å². The molecule has 0 fully saturated rings. The molecule has 25 heavy (non-hydrogen) atoms. The average Bonchev–Trinajstić information content (AvgIpc) is 3.38. The second-order valence-corrected chi connectivity index (χ2v) is 5.91. The number of H-pyrrole nitrogens is 2. The van der Waals surface area contributed by atoms with Crippen LogP contribution >= 0.6 is 0 Å². The van der Waals surface area contributed by atoms with E-state index in [1.807, 2.05) is 30.5 Å². The number of hydrogen-bond acceptors (Lipinski definition) is 4. The first-order valence-corrected chi connectivity index (χ1v) is 8.26. The van der Waals surface area contributed by atoms with Gasteiger partial charge in [0.1, 0.15) is 17.3 Å². The Balaban J connectivity index is 1.34. The molecule has 6 heteroatoms. The van der Waals surface area contributed by atoms with E-state index in [-0.39, 0.29) is 0 Å². The maximum atomic E-state index is 5.82. The summed E-state index contributed by atoms with van der Waals surface area (Å²) in [7, 11) is 1.69. The van der Waals surface area contributed by atoms with E-state index in [0.717, 1.165) is 41.3 Å². The summed E-state index contributed by atoms with van der Waals surface area (Å²) in [5.74, 6) is 2.62. The molecule has 1 aromatic carbocycles. The van der Waals surface area contributed by atoms with Crippen molar-refractivity contribution in [3.8, 4) is 17.1 Å². The molecular weight excluding hydrogens is 316 g/mol. The maximum Gasteiger partial charge on any atom is 0.137 e. The predicted molar refractivity (Wildman–Crippen MR) is 96.6 cm³/mol. The van der Waals surface area contributed by atoms with Gasteiger partial charge in [0.25, 0.3) is 0 Å². The first kappa shape index (κ1) is 15.5. The van der Waals surface area contributed by atoms with Crippen molar-refractivity contribution in [2.45, 2.75) is 13.0 Å². The standard InChI is InChI=1S/C19H20N4O2/c1-24-15-2-4-18-17(8-15)13(9-21-18)6-7-20-12-16-3-5-19(25-16)14-10-22-23-11-14/h2-5,8-11,20-21H,6-7,12H2,1H3,(H,22,23). The Labute approximate surface area is 145 Å². The van der Waals surface area contributed by atoms with E-state index in [4.69, 9.17) is 9.15 Å². The van der Waals surface area contributed by atoms with Crippen LogP contribution in [0.5, 0.6) is 5.75 Å². The molecule has 0 aliphatic carbocycles. The van der Waals surface area contributed by atoms with Gasteiger partial charge in [0.05, 0.1) is 25.4 Å². The molecule has 0 spiro atoms. The van der Waals surface area contributed by atoms with E-state index in [1.165, 1.54) is 10.9 Å². The van der Waals surface area contributed by atoms with Crippen molar-refractivity contribution in [1.82, 2.24) is 20.5 Å². The highest BCUT2D eigenvalue weighted by molar-refractivity contribution is 5.84. The smallest absolute Gasteiger partial charge is 0.137 e. The molecule has 0 aliphatic heterocycles. The van der Waals surface area contributed by atoms with Gasteiger partial charge in [-0.25, -0.2) is 0 Å². The second kappa shape index (κ2) is 6.86. The summed E-state index contributed by atoms with van der Waals surface area (Å²) < 4.78 is 11.1. The predicted octanol–water partition coefficient (Wildman–Crippen LogP) is 3.49. The number of benzene rings is 1. The summed E-state index contributed by atoms with van der Waals surface area (Å²) in [4.78, 5) is 3.31. The summed E-state index contributed by atoms with van der Waals surface area (Å²) in [5, 5.41) is 11.4. The minimum absolute atomic E-state index is 0.698. The van der Waals surface area contributed by atoms with Gasteiger partial charge in [-0.15, -0.1) is 0 Å². The topological polar surface area (TPSA) is 78.9 Å². The molecule has 0 radical (unpaired) electrons. The highest BCUT2D eigenvalue weighted by atomic mass is 16.5. The number of hydrogen-bond donors (Lipinski definition) is 3. The SMILES string of the molecule is COc1ccc2[nH]cc(CCNCc3ccc(-c4cn[nH]c4)o3)c2c1. The van der Waals surface area contributed by atoms with Crippen LogP contribution in [0.15, 0.2) is 53.3 Å². The third kappa shape index (κ3) is 3.29. The number of methoxy groups -OCH3 is 1. The van der Waals surface area contributed by atoms with Gasteiger partial charge in [0, 0.05) is 23.3 Å². The van der Waals surface area contributed by atoms with Crippen molar-refractivity contribution in [3.05, 3.63) is 60.2 Å². The van der Waals surface area contributed by atoms with Gasteiger partial charge >= 0.3 is 0 Å². The average molecular weight is 336 g/mol. The van der Waals surface area contributed by atoms with Gasteiger partial charge in [-0.05, 0) is 48.9 Å². The van der Waals surface area contributed by atoms with Gasteiger partial charge in [0.2, 0.25) is 0 Å². The molecule has 128 valence electrons. The molecule has 0 aliphatic rings. The van der Waals surface area contributed by atoms with Gasteiger partial charge in [0.15, 0.2) is 0 Å². The second-order valence-electron chi connectivity index (χ2n) is 5.91. The van der Waals surface area contributed by atoms with Gasteiger partial charge in [-0.1, -0.05) is 0 Å². The van der Waals surface area contributed by atoms with Gasteiger partial charge < -0.3 is 19.5 Å². The zero-order valence-electron chi connectivity index (χ0n) is 14.0. The molecule has 0 unspecified atom stereocenters. The highest BCUT2D eigenvalue weighted by Gasteiger charge is 2.07. The first-order chi connectivity index (χ1) is 12.3. The lowest BCUT2D eigenvalue weighted by Crippen LogP contribution is -2.16. The lowest BCUT2D eigenvalue weighted by atomic mass is 10.1. The van der Waals surface area contributed by atoms with E-state index in [2.05, 4.69) is 32.8 Å². The normalized spacial score (nSPS) is 11.2. The number of ether oxygens (including phenoxy) is 1. The Hall–Kier alpha value is -2.99. The summed E-state index contributed by atoms with van der Waals surface area (Å²) in [5.41, 5.74) is 3.37. The number of aromatic nitrogens is 3. The maximum absolute atomic E-state index is 5.82. The Morgan fingerprint density at radius 3 is 3.00 bits per heavy atom. The summed E-state index contributed by atoms with van der Waals surface area (Å²) in [6.07, 6.45) is 6.57. The number of aromatic amines is 2. The van der Waals surface area contributed by atoms with Crippen LogP contribution in [0.1, 0.15) is 11.3 Å². The van der Waals surface area contributed by atoms with E-state index in [0.29, 0.717) is 6.54 Å². The lowest BCUT2D eigenvalue weighted by molar-refractivity contribution is 0.415. The van der Waals surface area contributed by atoms with E-state index < -0.39 is 0 Å². The molecule has 3 N–H and O–H groups in total. The molecule has 0 amide bonds. The Kier molecular flexibility index (Phi) is 4.26. The van der Waals surface area contributed by atoms with Crippen LogP contribution in [0, 0.1) is 0 Å². The van der Waals surface area contributed by atoms with E-state index >= 15 is 0 Å². The summed E-state index contributed by atoms with van der Waals surface area (Å²) in [6, 6.07) is 10.0. The third-order valence-corrected chi connectivity index (χ3v) is 4.29. The van der Waals surface area contributed by atoms with Crippen LogP contribution in [-0.2, 0) is 13.0 Å². The molecule has 3 aromatic heterocycles. The quantitative estimate of drug-likeness (QED) is 0.451. The molecule has 0 atom stereocenters. The number of nitrogens with zero attached hydrogens (tertiary/aromatic N) is 1. The van der Waals surface area contributed by atoms with Crippen LogP contribution < -0.4 is 10.1 Å². The van der Waals surface area contributed by atoms with Crippen molar-refractivity contribution in [2.75, 3.05) is 13.7 Å². The van der Waals surface area contributed by atoms with Crippen LogP contribution in [0.4, 0.5) is 0 Å². The van der Waals surface area contributed by atoms with Crippen molar-refractivity contribution in [2.24, 2.45) is 0 Å². The molecule has 0 saturated carbocycles. The molecule has 0 saturated heterocycles. The van der Waals surface area contributed by atoms with Crippen LogP contribution in [0.25, 0.3) is 22.2 Å². The number of nitrogens with one attached hydrogen (secondary N) is 3. The number of furan rings is 1. The lowest BCUT2D eigenvalue weighted by Gasteiger charge is -2.04. The van der Waals surface area contributed by atoms with Crippen LogP contribution in [0.3, 0.4) is 0 Å². The van der Waals surface area contributed by atoms with Gasteiger partial charge in [-0.3, -0.25) is 5.10 Å². The monoisotopic (exact) mass is 336 g/mol. The Morgan fingerprint density at radius 2 is 2.16 bits per heavy atom. The highest BCUT2D eigenvalue weighted by Crippen LogP contribution is 2.24. The molecule has 4 rings (SSSR count).